The van der Waals surface area contributed by atoms with Crippen LogP contribution in [-0.4, -0.2) is 16.2 Å². The third kappa shape index (κ3) is 5.57. The minimum atomic E-state index is -0.849. The zero-order chi connectivity index (χ0) is 15.0. The summed E-state index contributed by atoms with van der Waals surface area (Å²) in [5, 5.41) is 19.0. The first-order valence-electron chi connectivity index (χ1n) is 7.21. The summed E-state index contributed by atoms with van der Waals surface area (Å²) < 4.78 is 0. The molecule has 1 aromatic carbocycles. The van der Waals surface area contributed by atoms with Crippen molar-refractivity contribution in [2.75, 3.05) is 0 Å². The molecule has 0 aromatic heterocycles. The Bertz CT molecular complexity index is 463. The van der Waals surface area contributed by atoms with Crippen LogP contribution in [0.15, 0.2) is 24.3 Å². The van der Waals surface area contributed by atoms with Gasteiger partial charge < -0.3 is 10.2 Å². The van der Waals surface area contributed by atoms with E-state index in [1.165, 1.54) is 0 Å². The van der Waals surface area contributed by atoms with Crippen LogP contribution in [0.5, 0.6) is 0 Å². The summed E-state index contributed by atoms with van der Waals surface area (Å²) in [7, 11) is 0. The lowest BCUT2D eigenvalue weighted by Crippen LogP contribution is -2.01. The van der Waals surface area contributed by atoms with Crippen molar-refractivity contribution in [1.82, 2.24) is 0 Å². The molecule has 0 bridgehead atoms. The second-order valence-corrected chi connectivity index (χ2v) is 5.14. The van der Waals surface area contributed by atoms with Crippen molar-refractivity contribution >= 4 is 12.0 Å². The van der Waals surface area contributed by atoms with E-state index in [1.54, 1.807) is 12.2 Å². The number of rotatable bonds is 8. The van der Waals surface area contributed by atoms with E-state index in [4.69, 9.17) is 5.11 Å². The maximum atomic E-state index is 10.5. The van der Waals surface area contributed by atoms with Gasteiger partial charge >= 0.3 is 5.97 Å². The van der Waals surface area contributed by atoms with E-state index < -0.39 is 12.1 Å². The van der Waals surface area contributed by atoms with Crippen molar-refractivity contribution in [2.24, 2.45) is 0 Å². The molecule has 1 atom stereocenters. The number of carboxylic acids is 1. The molecule has 1 unspecified atom stereocenters. The zero-order valence-corrected chi connectivity index (χ0v) is 12.3. The Morgan fingerprint density at radius 3 is 2.75 bits per heavy atom. The van der Waals surface area contributed by atoms with E-state index >= 15 is 0 Å². The number of carbonyl (C=O) groups is 1. The van der Waals surface area contributed by atoms with E-state index in [1.807, 2.05) is 25.1 Å². The van der Waals surface area contributed by atoms with Crippen molar-refractivity contribution in [1.29, 1.82) is 0 Å². The second kappa shape index (κ2) is 8.54. The highest BCUT2D eigenvalue weighted by atomic mass is 16.4. The van der Waals surface area contributed by atoms with Crippen LogP contribution in [0.4, 0.5) is 0 Å². The minimum Gasteiger partial charge on any atom is -0.481 e. The van der Waals surface area contributed by atoms with Crippen LogP contribution in [0.3, 0.4) is 0 Å². The number of aliphatic hydroxyl groups is 1. The van der Waals surface area contributed by atoms with Gasteiger partial charge in [0.15, 0.2) is 0 Å². The average Bonchev–Trinajstić information content (AvgIpc) is 2.40. The van der Waals surface area contributed by atoms with Crippen molar-refractivity contribution in [2.45, 2.75) is 52.1 Å². The number of benzene rings is 1. The standard InChI is InChI=1S/C17H24O3/c1-3-4-5-8-16(18)15-12-13(2)10-11-14(15)7-6-9-17(19)20/h6-7,10-12,16,18H,3-5,8-9H2,1-2H3,(H,19,20)/b7-6+. The highest BCUT2D eigenvalue weighted by Crippen LogP contribution is 2.25. The molecule has 0 aliphatic rings. The van der Waals surface area contributed by atoms with Gasteiger partial charge in [-0.1, -0.05) is 62.1 Å². The summed E-state index contributed by atoms with van der Waals surface area (Å²) in [5.41, 5.74) is 2.90. The molecule has 0 amide bonds. The summed E-state index contributed by atoms with van der Waals surface area (Å²) >= 11 is 0. The third-order valence-electron chi connectivity index (χ3n) is 3.27. The molecule has 0 heterocycles. The molecular formula is C17H24O3. The second-order valence-electron chi connectivity index (χ2n) is 5.14. The van der Waals surface area contributed by atoms with Gasteiger partial charge in [0, 0.05) is 0 Å². The Hall–Kier alpha value is -1.61. The Morgan fingerprint density at radius 1 is 1.35 bits per heavy atom. The van der Waals surface area contributed by atoms with Gasteiger partial charge in [0.2, 0.25) is 0 Å². The Kier molecular flexibility index (Phi) is 7.02. The smallest absolute Gasteiger partial charge is 0.307 e. The summed E-state index contributed by atoms with van der Waals surface area (Å²) in [6, 6.07) is 5.89. The topological polar surface area (TPSA) is 57.5 Å². The highest BCUT2D eigenvalue weighted by molar-refractivity contribution is 5.70. The fourth-order valence-electron chi connectivity index (χ4n) is 2.16. The van der Waals surface area contributed by atoms with Crippen LogP contribution in [0, 0.1) is 6.92 Å². The number of hydrogen-bond donors (Lipinski definition) is 2. The quantitative estimate of drug-likeness (QED) is 0.703. The van der Waals surface area contributed by atoms with Crippen LogP contribution in [0.1, 0.15) is 61.8 Å². The molecule has 0 saturated heterocycles. The van der Waals surface area contributed by atoms with E-state index in [-0.39, 0.29) is 6.42 Å². The largest absolute Gasteiger partial charge is 0.481 e. The molecule has 1 aromatic rings. The van der Waals surface area contributed by atoms with Crippen molar-refractivity contribution in [3.05, 3.63) is 41.0 Å². The molecule has 0 radical (unpaired) electrons. The Morgan fingerprint density at radius 2 is 2.10 bits per heavy atom. The van der Waals surface area contributed by atoms with E-state index in [9.17, 15) is 9.90 Å². The fourth-order valence-corrected chi connectivity index (χ4v) is 2.16. The molecule has 1 rings (SSSR count). The summed E-state index contributed by atoms with van der Waals surface area (Å²) in [6.45, 7) is 4.13. The van der Waals surface area contributed by atoms with Crippen LogP contribution < -0.4 is 0 Å². The molecule has 2 N–H and O–H groups in total. The van der Waals surface area contributed by atoms with Gasteiger partial charge in [-0.2, -0.15) is 0 Å². The average molecular weight is 276 g/mol. The number of carboxylic acid groups (broad SMARTS) is 1. The minimum absolute atomic E-state index is 0.000748. The predicted molar refractivity (Wildman–Crippen MR) is 81.6 cm³/mol. The van der Waals surface area contributed by atoms with Gasteiger partial charge in [-0.05, 0) is 24.5 Å². The fraction of sp³-hybridized carbons (Fsp3) is 0.471. The molecule has 0 saturated carbocycles. The van der Waals surface area contributed by atoms with Gasteiger partial charge in [-0.25, -0.2) is 0 Å². The molecule has 3 heteroatoms. The lowest BCUT2D eigenvalue weighted by molar-refractivity contribution is -0.135. The Balaban J connectivity index is 2.83. The van der Waals surface area contributed by atoms with Crippen LogP contribution >= 0.6 is 0 Å². The van der Waals surface area contributed by atoms with Crippen LogP contribution in [-0.2, 0) is 4.79 Å². The first kappa shape index (κ1) is 16.4. The highest BCUT2D eigenvalue weighted by Gasteiger charge is 2.11. The molecule has 0 aliphatic heterocycles. The number of unbranched alkanes of at least 4 members (excludes halogenated alkanes) is 2. The van der Waals surface area contributed by atoms with Gasteiger partial charge in [0.05, 0.1) is 12.5 Å². The molecule has 20 heavy (non-hydrogen) atoms. The first-order chi connectivity index (χ1) is 9.54. The zero-order valence-electron chi connectivity index (χ0n) is 12.3. The van der Waals surface area contributed by atoms with Gasteiger partial charge in [0.1, 0.15) is 0 Å². The maximum Gasteiger partial charge on any atom is 0.307 e. The lowest BCUT2D eigenvalue weighted by Gasteiger charge is -2.14. The molecule has 110 valence electrons. The predicted octanol–water partition coefficient (Wildman–Crippen LogP) is 4.10. The van der Waals surface area contributed by atoms with Gasteiger partial charge in [0.25, 0.3) is 0 Å². The lowest BCUT2D eigenvalue weighted by atomic mass is 9.96. The van der Waals surface area contributed by atoms with Crippen molar-refractivity contribution in [3.63, 3.8) is 0 Å². The summed E-state index contributed by atoms with van der Waals surface area (Å²) in [4.78, 5) is 10.5. The first-order valence-corrected chi connectivity index (χ1v) is 7.21. The SMILES string of the molecule is CCCCCC(O)c1cc(C)ccc1/C=C/CC(=O)O. The summed E-state index contributed by atoms with van der Waals surface area (Å²) in [6.07, 6.45) is 6.92. The van der Waals surface area contributed by atoms with Crippen LogP contribution in [0.2, 0.25) is 0 Å². The molecular weight excluding hydrogens is 252 g/mol. The van der Waals surface area contributed by atoms with Gasteiger partial charge in [-0.3, -0.25) is 4.79 Å². The number of aliphatic carboxylic acids is 1. The number of hydrogen-bond acceptors (Lipinski definition) is 2. The summed E-state index contributed by atoms with van der Waals surface area (Å²) in [5.74, 6) is -0.849. The van der Waals surface area contributed by atoms with E-state index in [0.717, 1.165) is 42.4 Å². The maximum absolute atomic E-state index is 10.5. The Labute approximate surface area is 121 Å². The van der Waals surface area contributed by atoms with E-state index in [0.29, 0.717) is 0 Å². The molecule has 0 fully saturated rings. The van der Waals surface area contributed by atoms with Crippen molar-refractivity contribution in [3.8, 4) is 0 Å². The van der Waals surface area contributed by atoms with Crippen molar-refractivity contribution < 1.29 is 15.0 Å². The molecule has 0 aliphatic carbocycles. The molecule has 0 spiro atoms. The van der Waals surface area contributed by atoms with Gasteiger partial charge in [-0.15, -0.1) is 0 Å². The van der Waals surface area contributed by atoms with Crippen LogP contribution in [0.25, 0.3) is 6.08 Å². The molecule has 3 nitrogen and oxygen atoms in total. The normalized spacial score (nSPS) is 12.8. The third-order valence-corrected chi connectivity index (χ3v) is 3.27. The monoisotopic (exact) mass is 276 g/mol. The number of aryl methyl sites for hydroxylation is 1. The number of aliphatic hydroxyl groups excluding tert-OH is 1. The van der Waals surface area contributed by atoms with E-state index in [2.05, 4.69) is 6.92 Å².